The van der Waals surface area contributed by atoms with Gasteiger partial charge in [0.15, 0.2) is 0 Å². The molecule has 26 heavy (non-hydrogen) atoms. The van der Waals surface area contributed by atoms with E-state index in [4.69, 9.17) is 9.26 Å². The van der Waals surface area contributed by atoms with E-state index in [-0.39, 0.29) is 11.6 Å². The molecule has 0 aliphatic carbocycles. The molecule has 0 spiro atoms. The quantitative estimate of drug-likeness (QED) is 0.670. The molecule has 2 aromatic carbocycles. The van der Waals surface area contributed by atoms with Crippen LogP contribution in [0.3, 0.4) is 0 Å². The number of aromatic nitrogens is 1. The monoisotopic (exact) mass is 372 g/mol. The van der Waals surface area contributed by atoms with Crippen LogP contribution in [0.1, 0.15) is 11.3 Å². The molecule has 0 radical (unpaired) electrons. The molecule has 136 valence electrons. The summed E-state index contributed by atoms with van der Waals surface area (Å²) < 4.78 is 38.7. The minimum atomic E-state index is -3.84. The van der Waals surface area contributed by atoms with E-state index < -0.39 is 10.0 Å². The van der Waals surface area contributed by atoms with E-state index >= 15 is 0 Å². The Bertz CT molecular complexity index is 1010. The summed E-state index contributed by atoms with van der Waals surface area (Å²) in [6.07, 6.45) is 0. The first-order chi connectivity index (χ1) is 12.5. The average molecular weight is 372 g/mol. The third-order valence-electron chi connectivity index (χ3n) is 4.17. The lowest BCUT2D eigenvalue weighted by atomic mass is 10.00. The lowest BCUT2D eigenvalue weighted by molar-refractivity contribution is 0.194. The second-order valence-corrected chi connectivity index (χ2v) is 7.55. The fraction of sp³-hybridized carbons (Fsp3) is 0.211. The van der Waals surface area contributed by atoms with Crippen LogP contribution in [-0.2, 0) is 14.8 Å². The van der Waals surface area contributed by atoms with Gasteiger partial charge in [0, 0.05) is 23.8 Å². The summed E-state index contributed by atoms with van der Waals surface area (Å²) in [5, 5.41) is 4.08. The number of methoxy groups -OCH3 is 1. The van der Waals surface area contributed by atoms with Crippen LogP contribution in [-0.4, -0.2) is 27.4 Å². The van der Waals surface area contributed by atoms with Gasteiger partial charge in [0.25, 0.3) is 0 Å². The van der Waals surface area contributed by atoms with Crippen LogP contribution in [0.15, 0.2) is 57.9 Å². The zero-order valence-corrected chi connectivity index (χ0v) is 15.6. The summed E-state index contributed by atoms with van der Waals surface area (Å²) in [4.78, 5) is 0.152. The van der Waals surface area contributed by atoms with Crippen molar-refractivity contribution in [3.05, 3.63) is 59.9 Å². The van der Waals surface area contributed by atoms with Crippen molar-refractivity contribution < 1.29 is 17.7 Å². The van der Waals surface area contributed by atoms with Crippen molar-refractivity contribution >= 4 is 10.0 Å². The number of ether oxygens (including phenoxy) is 1. The van der Waals surface area contributed by atoms with Gasteiger partial charge in [0.1, 0.15) is 18.2 Å². The minimum Gasteiger partial charge on any atom is -0.369 e. The maximum absolute atomic E-state index is 13.0. The summed E-state index contributed by atoms with van der Waals surface area (Å²) in [5.74, 6) is 0.651. The number of nitrogens with zero attached hydrogens (tertiary/aromatic N) is 1. The van der Waals surface area contributed by atoms with Gasteiger partial charge in [-0.2, -0.15) is 4.72 Å². The normalized spacial score (nSPS) is 11.7. The third-order valence-corrected chi connectivity index (χ3v) is 5.65. The Hall–Kier alpha value is -2.48. The number of benzene rings is 2. The molecule has 3 rings (SSSR count). The molecule has 7 heteroatoms. The zero-order valence-electron chi connectivity index (χ0n) is 14.8. The van der Waals surface area contributed by atoms with E-state index in [2.05, 4.69) is 9.88 Å². The van der Waals surface area contributed by atoms with Crippen LogP contribution in [0.4, 0.5) is 0 Å². The van der Waals surface area contributed by atoms with Crippen LogP contribution in [0.2, 0.25) is 0 Å². The molecule has 0 bridgehead atoms. The smallest absolute Gasteiger partial charge is 0.243 e. The topological polar surface area (TPSA) is 81.4 Å². The highest BCUT2D eigenvalue weighted by atomic mass is 32.2. The van der Waals surface area contributed by atoms with Crippen LogP contribution in [0, 0.1) is 13.8 Å². The van der Waals surface area contributed by atoms with Crippen molar-refractivity contribution in [3.63, 3.8) is 0 Å². The highest BCUT2D eigenvalue weighted by molar-refractivity contribution is 7.89. The van der Waals surface area contributed by atoms with Crippen molar-refractivity contribution in [1.82, 2.24) is 9.88 Å². The number of hydrogen-bond acceptors (Lipinski definition) is 5. The van der Waals surface area contributed by atoms with Crippen molar-refractivity contribution in [2.45, 2.75) is 18.7 Å². The number of rotatable bonds is 6. The van der Waals surface area contributed by atoms with Crippen molar-refractivity contribution in [2.24, 2.45) is 0 Å². The highest BCUT2D eigenvalue weighted by Gasteiger charge is 2.26. The maximum Gasteiger partial charge on any atom is 0.243 e. The fourth-order valence-corrected chi connectivity index (χ4v) is 4.08. The Labute approximate surface area is 152 Å². The second kappa shape index (κ2) is 7.41. The van der Waals surface area contributed by atoms with Gasteiger partial charge in [-0.05, 0) is 19.4 Å². The van der Waals surface area contributed by atoms with Crippen LogP contribution in [0.25, 0.3) is 22.4 Å². The van der Waals surface area contributed by atoms with Gasteiger partial charge in [-0.15, -0.1) is 0 Å². The van der Waals surface area contributed by atoms with E-state index in [1.54, 1.807) is 19.1 Å². The zero-order chi connectivity index (χ0) is 18.7. The number of aryl methyl sites for hydroxylation is 1. The second-order valence-electron chi connectivity index (χ2n) is 5.84. The Morgan fingerprint density at radius 3 is 2.35 bits per heavy atom. The first-order valence-corrected chi connectivity index (χ1v) is 9.54. The summed E-state index contributed by atoms with van der Waals surface area (Å²) in [5.41, 5.74) is 3.19. The first-order valence-electron chi connectivity index (χ1n) is 8.06. The molecule has 6 nitrogen and oxygen atoms in total. The molecule has 0 fully saturated rings. The van der Waals surface area contributed by atoms with Gasteiger partial charge in [0.05, 0.1) is 4.90 Å². The number of sulfonamides is 1. The van der Waals surface area contributed by atoms with Crippen molar-refractivity contribution in [1.29, 1.82) is 0 Å². The third kappa shape index (κ3) is 3.41. The minimum absolute atomic E-state index is 0.123. The molecule has 0 aliphatic heterocycles. The molecular formula is C19H20N2O4S. The summed E-state index contributed by atoms with van der Waals surface area (Å²) >= 11 is 0. The molecule has 1 aromatic heterocycles. The van der Waals surface area contributed by atoms with E-state index in [1.165, 1.54) is 7.11 Å². The molecular weight excluding hydrogens is 352 g/mol. The lowest BCUT2D eigenvalue weighted by Gasteiger charge is -2.15. The molecule has 0 atom stereocenters. The molecule has 0 saturated carbocycles. The highest BCUT2D eigenvalue weighted by Crippen LogP contribution is 2.37. The summed E-state index contributed by atoms with van der Waals surface area (Å²) in [6, 6.07) is 14.7. The van der Waals surface area contributed by atoms with E-state index in [0.29, 0.717) is 22.6 Å². The molecule has 1 heterocycles. The van der Waals surface area contributed by atoms with Gasteiger partial charge in [0.2, 0.25) is 10.0 Å². The van der Waals surface area contributed by atoms with Gasteiger partial charge in [-0.1, -0.05) is 53.7 Å². The van der Waals surface area contributed by atoms with Gasteiger partial charge < -0.3 is 9.26 Å². The Morgan fingerprint density at radius 2 is 1.73 bits per heavy atom. The van der Waals surface area contributed by atoms with Crippen LogP contribution in [0.5, 0.6) is 0 Å². The standard InChI is InChI=1S/C19H20N2O4S/c1-13-14(2)25-21-18(13)17-11-7-10-16(15-8-5-4-6-9-15)19(17)26(22,23)20-12-24-3/h4-11,20H,12H2,1-3H3. The van der Waals surface area contributed by atoms with E-state index in [0.717, 1.165) is 11.1 Å². The van der Waals surface area contributed by atoms with Gasteiger partial charge in [-0.25, -0.2) is 8.42 Å². The van der Waals surface area contributed by atoms with Gasteiger partial charge >= 0.3 is 0 Å². The predicted molar refractivity (Wildman–Crippen MR) is 99.0 cm³/mol. The van der Waals surface area contributed by atoms with Crippen molar-refractivity contribution in [3.8, 4) is 22.4 Å². The SMILES string of the molecule is COCNS(=O)(=O)c1c(-c2ccccc2)cccc1-c1noc(C)c1C. The van der Waals surface area contributed by atoms with E-state index in [9.17, 15) is 8.42 Å². The summed E-state index contributed by atoms with van der Waals surface area (Å²) in [7, 11) is -2.42. The molecule has 3 aromatic rings. The average Bonchev–Trinajstić information content (AvgIpc) is 2.99. The first kappa shape index (κ1) is 18.3. The van der Waals surface area contributed by atoms with Crippen LogP contribution < -0.4 is 4.72 Å². The molecule has 1 N–H and O–H groups in total. The molecule has 0 aliphatic rings. The Kier molecular flexibility index (Phi) is 5.22. The Morgan fingerprint density at radius 1 is 1.04 bits per heavy atom. The van der Waals surface area contributed by atoms with Crippen LogP contribution >= 0.6 is 0 Å². The molecule has 0 amide bonds. The number of hydrogen-bond donors (Lipinski definition) is 1. The Balaban J connectivity index is 2.31. The van der Waals surface area contributed by atoms with Crippen molar-refractivity contribution in [2.75, 3.05) is 13.8 Å². The molecule has 0 saturated heterocycles. The summed E-state index contributed by atoms with van der Waals surface area (Å²) in [6.45, 7) is 3.53. The lowest BCUT2D eigenvalue weighted by Crippen LogP contribution is -2.26. The predicted octanol–water partition coefficient (Wildman–Crippen LogP) is 3.51. The molecule has 0 unspecified atom stereocenters. The largest absolute Gasteiger partial charge is 0.369 e. The number of nitrogens with one attached hydrogen (secondary N) is 1. The van der Waals surface area contributed by atoms with E-state index in [1.807, 2.05) is 43.3 Å². The maximum atomic E-state index is 13.0. The fourth-order valence-electron chi connectivity index (χ4n) is 2.74. The van der Waals surface area contributed by atoms with Gasteiger partial charge in [-0.3, -0.25) is 0 Å².